The van der Waals surface area contributed by atoms with Crippen LogP contribution in [-0.2, 0) is 6.54 Å². The summed E-state index contributed by atoms with van der Waals surface area (Å²) in [5, 5.41) is 0. The first kappa shape index (κ1) is 16.1. The highest BCUT2D eigenvalue weighted by Gasteiger charge is 2.28. The second-order valence-electron chi connectivity index (χ2n) is 6.95. The summed E-state index contributed by atoms with van der Waals surface area (Å²) in [5.41, 5.74) is 5.54. The Kier molecular flexibility index (Phi) is 4.14. The molecule has 27 heavy (non-hydrogen) atoms. The van der Waals surface area contributed by atoms with E-state index in [1.807, 2.05) is 30.7 Å². The second-order valence-corrected chi connectivity index (χ2v) is 6.95. The van der Waals surface area contributed by atoms with Crippen molar-refractivity contribution < 1.29 is 0 Å². The molecular weight excluding hydrogens is 334 g/mol. The number of aromatic nitrogens is 4. The fourth-order valence-corrected chi connectivity index (χ4v) is 4.09. The Morgan fingerprint density at radius 1 is 0.963 bits per heavy atom. The van der Waals surface area contributed by atoms with E-state index in [-0.39, 0.29) is 0 Å². The molecule has 5 heteroatoms. The molecule has 1 aliphatic heterocycles. The average Bonchev–Trinajstić information content (AvgIpc) is 3.33. The van der Waals surface area contributed by atoms with Crippen LogP contribution in [0, 0.1) is 0 Å². The largest absolute Gasteiger partial charge is 0.299 e. The monoisotopic (exact) mass is 355 g/mol. The minimum absolute atomic E-state index is 0.362. The molecule has 0 saturated carbocycles. The lowest BCUT2D eigenvalue weighted by molar-refractivity contribution is 0.242. The summed E-state index contributed by atoms with van der Waals surface area (Å²) in [6.07, 6.45) is 10.00. The molecule has 1 atom stereocenters. The third-order valence-corrected chi connectivity index (χ3v) is 5.30. The molecule has 134 valence electrons. The van der Waals surface area contributed by atoms with Gasteiger partial charge in [0.15, 0.2) is 0 Å². The van der Waals surface area contributed by atoms with Crippen molar-refractivity contribution in [3.05, 3.63) is 84.7 Å². The van der Waals surface area contributed by atoms with Gasteiger partial charge in [-0.3, -0.25) is 19.3 Å². The van der Waals surface area contributed by atoms with E-state index in [0.717, 1.165) is 47.8 Å². The van der Waals surface area contributed by atoms with Gasteiger partial charge >= 0.3 is 0 Å². The van der Waals surface area contributed by atoms with Crippen LogP contribution in [0.5, 0.6) is 0 Å². The molecule has 1 unspecified atom stereocenters. The number of rotatable bonds is 4. The van der Waals surface area contributed by atoms with Crippen LogP contribution in [0.1, 0.15) is 30.3 Å². The molecule has 1 aliphatic rings. The van der Waals surface area contributed by atoms with E-state index in [1.54, 1.807) is 0 Å². The number of pyridine rings is 3. The molecule has 0 spiro atoms. The topological polar surface area (TPSA) is 46.3 Å². The average molecular weight is 355 g/mol. The van der Waals surface area contributed by atoms with Gasteiger partial charge in [-0.2, -0.15) is 0 Å². The van der Waals surface area contributed by atoms with Crippen molar-refractivity contribution >= 4 is 5.65 Å². The maximum Gasteiger partial charge on any atom is 0.137 e. The summed E-state index contributed by atoms with van der Waals surface area (Å²) >= 11 is 0. The zero-order valence-corrected chi connectivity index (χ0v) is 15.1. The fourth-order valence-electron chi connectivity index (χ4n) is 4.09. The molecule has 0 radical (unpaired) electrons. The summed E-state index contributed by atoms with van der Waals surface area (Å²) in [4.78, 5) is 16.2. The maximum absolute atomic E-state index is 4.96. The summed E-state index contributed by atoms with van der Waals surface area (Å²) in [7, 11) is 0. The molecule has 0 aromatic carbocycles. The normalized spacial score (nSPS) is 17.6. The van der Waals surface area contributed by atoms with E-state index in [2.05, 4.69) is 61.9 Å². The summed E-state index contributed by atoms with van der Waals surface area (Å²) in [5.74, 6) is 0. The first-order valence-electron chi connectivity index (χ1n) is 9.41. The highest BCUT2D eigenvalue weighted by molar-refractivity contribution is 5.66. The van der Waals surface area contributed by atoms with Crippen LogP contribution in [-0.4, -0.2) is 30.8 Å². The third-order valence-electron chi connectivity index (χ3n) is 5.30. The van der Waals surface area contributed by atoms with Crippen molar-refractivity contribution in [3.63, 3.8) is 0 Å². The smallest absolute Gasteiger partial charge is 0.137 e. The molecule has 1 saturated heterocycles. The number of hydrogen-bond acceptors (Lipinski definition) is 4. The lowest BCUT2D eigenvalue weighted by Crippen LogP contribution is -2.24. The number of nitrogens with zero attached hydrogens (tertiary/aromatic N) is 5. The van der Waals surface area contributed by atoms with Crippen LogP contribution in [0.3, 0.4) is 0 Å². The zero-order valence-electron chi connectivity index (χ0n) is 15.1. The number of hydrogen-bond donors (Lipinski definition) is 0. The van der Waals surface area contributed by atoms with Crippen LogP contribution < -0.4 is 0 Å². The first-order valence-corrected chi connectivity index (χ1v) is 9.41. The Balaban J connectivity index is 1.55. The SMILES string of the molecule is c1ccc(C2CCCN2Cc2nc3ccccn3c2-c2ccncc2)nc1. The van der Waals surface area contributed by atoms with Crippen LogP contribution in [0.15, 0.2) is 73.3 Å². The predicted molar refractivity (Wildman–Crippen MR) is 105 cm³/mol. The van der Waals surface area contributed by atoms with Gasteiger partial charge in [-0.15, -0.1) is 0 Å². The standard InChI is InChI=1S/C22H21N5/c1-3-11-24-18(6-1)20-7-5-14-26(20)16-19-22(17-9-12-23-13-10-17)27-15-4-2-8-21(27)25-19/h1-4,6,8-13,15,20H,5,7,14,16H2. The molecule has 1 fully saturated rings. The molecule has 4 aromatic rings. The summed E-state index contributed by atoms with van der Waals surface area (Å²) < 4.78 is 2.18. The number of imidazole rings is 1. The van der Waals surface area contributed by atoms with Crippen LogP contribution in [0.4, 0.5) is 0 Å². The number of fused-ring (bicyclic) bond motifs is 1. The van der Waals surface area contributed by atoms with Gasteiger partial charge < -0.3 is 0 Å². The molecule has 5 nitrogen and oxygen atoms in total. The lowest BCUT2D eigenvalue weighted by atomic mass is 10.1. The van der Waals surface area contributed by atoms with E-state index < -0.39 is 0 Å². The van der Waals surface area contributed by atoms with Gasteiger partial charge in [0, 0.05) is 36.9 Å². The zero-order chi connectivity index (χ0) is 18.1. The van der Waals surface area contributed by atoms with Gasteiger partial charge in [-0.1, -0.05) is 12.1 Å². The summed E-state index contributed by atoms with van der Waals surface area (Å²) in [6, 6.07) is 16.8. The Labute approximate surface area is 158 Å². The van der Waals surface area contributed by atoms with E-state index >= 15 is 0 Å². The van der Waals surface area contributed by atoms with E-state index in [4.69, 9.17) is 4.98 Å². The molecule has 0 N–H and O–H groups in total. The maximum atomic E-state index is 4.96. The Morgan fingerprint density at radius 2 is 1.85 bits per heavy atom. The van der Waals surface area contributed by atoms with Crippen molar-refractivity contribution in [1.29, 1.82) is 0 Å². The molecular formula is C22H21N5. The Bertz CT molecular complexity index is 1040. The molecule has 4 aromatic heterocycles. The third kappa shape index (κ3) is 3.00. The van der Waals surface area contributed by atoms with Gasteiger partial charge in [0.1, 0.15) is 5.65 Å². The van der Waals surface area contributed by atoms with Crippen LogP contribution in [0.2, 0.25) is 0 Å². The van der Waals surface area contributed by atoms with Gasteiger partial charge in [-0.25, -0.2) is 4.98 Å². The van der Waals surface area contributed by atoms with Crippen LogP contribution in [0.25, 0.3) is 16.9 Å². The second kappa shape index (κ2) is 6.93. The van der Waals surface area contributed by atoms with E-state index in [9.17, 15) is 0 Å². The van der Waals surface area contributed by atoms with E-state index in [0.29, 0.717) is 6.04 Å². The van der Waals surface area contributed by atoms with Crippen molar-refractivity contribution in [2.24, 2.45) is 0 Å². The van der Waals surface area contributed by atoms with Gasteiger partial charge in [-0.05, 0) is 55.8 Å². The minimum atomic E-state index is 0.362. The molecule has 0 bridgehead atoms. The fraction of sp³-hybridized carbons (Fsp3) is 0.227. The Morgan fingerprint density at radius 3 is 2.70 bits per heavy atom. The van der Waals surface area contributed by atoms with Gasteiger partial charge in [0.2, 0.25) is 0 Å². The van der Waals surface area contributed by atoms with Crippen molar-refractivity contribution in [2.45, 2.75) is 25.4 Å². The highest BCUT2D eigenvalue weighted by Crippen LogP contribution is 2.34. The first-order chi connectivity index (χ1) is 13.4. The quantitative estimate of drug-likeness (QED) is 0.552. The molecule has 0 amide bonds. The van der Waals surface area contributed by atoms with Crippen molar-refractivity contribution in [3.8, 4) is 11.3 Å². The van der Waals surface area contributed by atoms with Crippen molar-refractivity contribution in [1.82, 2.24) is 24.3 Å². The number of likely N-dealkylation sites (tertiary alicyclic amines) is 1. The minimum Gasteiger partial charge on any atom is -0.299 e. The van der Waals surface area contributed by atoms with Crippen LogP contribution >= 0.6 is 0 Å². The van der Waals surface area contributed by atoms with Gasteiger partial charge in [0.05, 0.1) is 23.1 Å². The molecule has 0 aliphatic carbocycles. The van der Waals surface area contributed by atoms with Crippen molar-refractivity contribution in [2.75, 3.05) is 6.54 Å². The molecule has 5 heterocycles. The summed E-state index contributed by atoms with van der Waals surface area (Å²) in [6.45, 7) is 1.89. The van der Waals surface area contributed by atoms with Gasteiger partial charge in [0.25, 0.3) is 0 Å². The Hall–Kier alpha value is -3.05. The van der Waals surface area contributed by atoms with E-state index in [1.165, 1.54) is 6.42 Å². The predicted octanol–water partition coefficient (Wildman–Crippen LogP) is 4.13. The lowest BCUT2D eigenvalue weighted by Gasteiger charge is -2.23. The molecule has 5 rings (SSSR count). The highest BCUT2D eigenvalue weighted by atomic mass is 15.2.